The van der Waals surface area contributed by atoms with Crippen molar-refractivity contribution in [3.05, 3.63) is 75.3 Å². The van der Waals surface area contributed by atoms with Crippen LogP contribution in [0.5, 0.6) is 5.75 Å². The van der Waals surface area contributed by atoms with Crippen molar-refractivity contribution in [2.45, 2.75) is 39.3 Å². The van der Waals surface area contributed by atoms with Gasteiger partial charge in [-0.25, -0.2) is 0 Å². The topological polar surface area (TPSA) is 119 Å². The first-order chi connectivity index (χ1) is 16.2. The van der Waals surface area contributed by atoms with Crippen LogP contribution in [-0.4, -0.2) is 52.5 Å². The van der Waals surface area contributed by atoms with Gasteiger partial charge in [0.05, 0.1) is 29.2 Å². The van der Waals surface area contributed by atoms with Crippen molar-refractivity contribution >= 4 is 23.1 Å². The fraction of sp³-hybridized carbons (Fsp3) is 0.360. The van der Waals surface area contributed by atoms with Gasteiger partial charge in [-0.3, -0.25) is 19.7 Å². The fourth-order valence-corrected chi connectivity index (χ4v) is 3.82. The lowest BCUT2D eigenvalue weighted by Crippen LogP contribution is -2.31. The van der Waals surface area contributed by atoms with Gasteiger partial charge in [0.2, 0.25) is 0 Å². The number of carbonyl (C=O) groups excluding carboxylic acids is 2. The van der Waals surface area contributed by atoms with Gasteiger partial charge in [0.15, 0.2) is 0 Å². The molecule has 0 aromatic heterocycles. The zero-order valence-electron chi connectivity index (χ0n) is 19.4. The van der Waals surface area contributed by atoms with Gasteiger partial charge in [0.25, 0.3) is 17.4 Å². The van der Waals surface area contributed by atoms with Crippen molar-refractivity contribution in [1.82, 2.24) is 4.90 Å². The molecular weight excluding hydrogens is 440 g/mol. The molecule has 1 aliphatic rings. The number of carbonyl (C=O) groups is 2. The molecule has 1 saturated heterocycles. The Balaban J connectivity index is 2.02. The lowest BCUT2D eigenvalue weighted by atomic mass is 9.95. The zero-order valence-corrected chi connectivity index (χ0v) is 19.4. The summed E-state index contributed by atoms with van der Waals surface area (Å²) in [6.07, 6.45) is 0.551. The van der Waals surface area contributed by atoms with Crippen LogP contribution in [0.1, 0.15) is 44.4 Å². The highest BCUT2D eigenvalue weighted by Gasteiger charge is 2.45. The van der Waals surface area contributed by atoms with Crippen LogP contribution in [0.2, 0.25) is 0 Å². The molecule has 1 amide bonds. The summed E-state index contributed by atoms with van der Waals surface area (Å²) < 4.78 is 11.1. The van der Waals surface area contributed by atoms with E-state index in [2.05, 4.69) is 0 Å². The van der Waals surface area contributed by atoms with Crippen molar-refractivity contribution in [3.8, 4) is 5.75 Å². The van der Waals surface area contributed by atoms with Gasteiger partial charge in [-0.15, -0.1) is 0 Å². The zero-order chi connectivity index (χ0) is 24.8. The number of ketones is 1. The Labute approximate surface area is 197 Å². The van der Waals surface area contributed by atoms with Gasteiger partial charge in [-0.1, -0.05) is 12.1 Å². The summed E-state index contributed by atoms with van der Waals surface area (Å²) in [6.45, 7) is 6.86. The number of aliphatic hydroxyl groups is 1. The maximum atomic E-state index is 13.0. The number of ether oxygens (including phenoxy) is 2. The van der Waals surface area contributed by atoms with Crippen molar-refractivity contribution < 1.29 is 29.1 Å². The molecule has 1 N–H and O–H groups in total. The number of nitrogens with zero attached hydrogens (tertiary/aromatic N) is 2. The van der Waals surface area contributed by atoms with Crippen molar-refractivity contribution in [1.29, 1.82) is 0 Å². The monoisotopic (exact) mass is 468 g/mol. The molecule has 34 heavy (non-hydrogen) atoms. The van der Waals surface area contributed by atoms with Gasteiger partial charge in [-0.2, -0.15) is 0 Å². The van der Waals surface area contributed by atoms with E-state index >= 15 is 0 Å². The third kappa shape index (κ3) is 5.43. The number of aliphatic hydroxyl groups excluding tert-OH is 1. The quantitative estimate of drug-likeness (QED) is 0.138. The molecule has 1 heterocycles. The largest absolute Gasteiger partial charge is 0.507 e. The molecule has 180 valence electrons. The number of likely N-dealkylation sites (tertiary alicyclic amines) is 1. The molecule has 3 rings (SSSR count). The summed E-state index contributed by atoms with van der Waals surface area (Å²) in [5.74, 6) is -1.26. The van der Waals surface area contributed by atoms with Crippen molar-refractivity contribution in [2.75, 3.05) is 19.8 Å². The molecule has 1 aliphatic heterocycles. The predicted octanol–water partition coefficient (Wildman–Crippen LogP) is 4.23. The summed E-state index contributed by atoms with van der Waals surface area (Å²) in [7, 11) is 0. The second-order valence-corrected chi connectivity index (χ2v) is 8.07. The SMILES string of the molecule is CCOc1ccc([C@@H]2C(=C(O)c3ccc([N+](=O)[O-])cc3)C(=O)C(=O)N2CCCOC(C)C)cc1. The number of nitro groups is 1. The Morgan fingerprint density at radius 3 is 2.32 bits per heavy atom. The number of rotatable bonds is 10. The maximum absolute atomic E-state index is 13.0. The Hall–Kier alpha value is -3.72. The van der Waals surface area contributed by atoms with E-state index in [1.807, 2.05) is 20.8 Å². The molecule has 2 aromatic rings. The molecule has 0 spiro atoms. The fourth-order valence-electron chi connectivity index (χ4n) is 3.82. The van der Waals surface area contributed by atoms with E-state index in [9.17, 15) is 24.8 Å². The van der Waals surface area contributed by atoms with Crippen LogP contribution in [0.25, 0.3) is 5.76 Å². The van der Waals surface area contributed by atoms with Crippen LogP contribution in [0.3, 0.4) is 0 Å². The number of hydrogen-bond acceptors (Lipinski definition) is 7. The summed E-state index contributed by atoms with van der Waals surface area (Å²) in [4.78, 5) is 37.8. The molecule has 2 aromatic carbocycles. The van der Waals surface area contributed by atoms with E-state index in [0.717, 1.165) is 0 Å². The third-order valence-electron chi connectivity index (χ3n) is 5.39. The van der Waals surface area contributed by atoms with Crippen LogP contribution in [0.15, 0.2) is 54.1 Å². The number of benzene rings is 2. The summed E-state index contributed by atoms with van der Waals surface area (Å²) in [6, 6.07) is 11.4. The Morgan fingerprint density at radius 2 is 1.76 bits per heavy atom. The summed E-state index contributed by atoms with van der Waals surface area (Å²) in [5, 5.41) is 22.0. The summed E-state index contributed by atoms with van der Waals surface area (Å²) >= 11 is 0. The molecule has 0 bridgehead atoms. The van der Waals surface area contributed by atoms with Crippen LogP contribution >= 0.6 is 0 Å². The van der Waals surface area contributed by atoms with Crippen molar-refractivity contribution in [2.24, 2.45) is 0 Å². The lowest BCUT2D eigenvalue weighted by Gasteiger charge is -2.25. The van der Waals surface area contributed by atoms with Crippen LogP contribution in [0.4, 0.5) is 5.69 Å². The van der Waals surface area contributed by atoms with E-state index in [0.29, 0.717) is 30.9 Å². The highest BCUT2D eigenvalue weighted by atomic mass is 16.6. The molecular formula is C25H28N2O7. The Morgan fingerprint density at radius 1 is 1.12 bits per heavy atom. The molecule has 0 aliphatic carbocycles. The second kappa shape index (κ2) is 10.9. The minimum atomic E-state index is -0.815. The average molecular weight is 469 g/mol. The summed E-state index contributed by atoms with van der Waals surface area (Å²) in [5.41, 5.74) is 0.636. The van der Waals surface area contributed by atoms with E-state index in [1.54, 1.807) is 24.3 Å². The standard InChI is InChI=1S/C25H28N2O7/c1-4-33-20-12-8-17(9-13-20)22-21(23(28)18-6-10-19(11-7-18)27(31)32)24(29)25(30)26(22)14-5-15-34-16(2)3/h6-13,16,22,28H,4-5,14-15H2,1-3H3/t22-/m1/s1. The van der Waals surface area contributed by atoms with Gasteiger partial charge in [-0.05, 0) is 57.0 Å². The van der Waals surface area contributed by atoms with Crippen molar-refractivity contribution in [3.63, 3.8) is 0 Å². The van der Waals surface area contributed by atoms with Gasteiger partial charge in [0.1, 0.15) is 11.5 Å². The average Bonchev–Trinajstić information content (AvgIpc) is 3.07. The highest BCUT2D eigenvalue weighted by Crippen LogP contribution is 2.40. The smallest absolute Gasteiger partial charge is 0.295 e. The first-order valence-corrected chi connectivity index (χ1v) is 11.1. The lowest BCUT2D eigenvalue weighted by molar-refractivity contribution is -0.384. The first kappa shape index (κ1) is 24.9. The predicted molar refractivity (Wildman–Crippen MR) is 125 cm³/mol. The Bertz CT molecular complexity index is 1080. The van der Waals surface area contributed by atoms with Crippen LogP contribution in [0, 0.1) is 10.1 Å². The normalized spacial score (nSPS) is 17.4. The van der Waals surface area contributed by atoms with Gasteiger partial charge < -0.3 is 19.5 Å². The molecule has 1 atom stereocenters. The second-order valence-electron chi connectivity index (χ2n) is 8.07. The molecule has 0 radical (unpaired) electrons. The third-order valence-corrected chi connectivity index (χ3v) is 5.39. The minimum absolute atomic E-state index is 0.0412. The van der Waals surface area contributed by atoms with Crippen LogP contribution in [-0.2, 0) is 14.3 Å². The molecule has 0 unspecified atom stereocenters. The van der Waals surface area contributed by atoms with E-state index in [4.69, 9.17) is 9.47 Å². The number of hydrogen-bond donors (Lipinski definition) is 1. The molecule has 9 nitrogen and oxygen atoms in total. The number of nitro benzene ring substituents is 1. The first-order valence-electron chi connectivity index (χ1n) is 11.1. The molecule has 0 saturated carbocycles. The number of Topliss-reactive ketones (excluding diaryl/α,β-unsaturated/α-hetero) is 1. The molecule has 1 fully saturated rings. The van der Waals surface area contributed by atoms with E-state index in [1.165, 1.54) is 29.2 Å². The van der Waals surface area contributed by atoms with Gasteiger partial charge in [0, 0.05) is 30.8 Å². The van der Waals surface area contributed by atoms with E-state index in [-0.39, 0.29) is 35.2 Å². The van der Waals surface area contributed by atoms with E-state index < -0.39 is 22.7 Å². The number of amides is 1. The molecule has 9 heteroatoms. The highest BCUT2D eigenvalue weighted by molar-refractivity contribution is 6.46. The maximum Gasteiger partial charge on any atom is 0.295 e. The van der Waals surface area contributed by atoms with Crippen LogP contribution < -0.4 is 4.74 Å². The van der Waals surface area contributed by atoms with Gasteiger partial charge >= 0.3 is 0 Å². The Kier molecular flexibility index (Phi) is 8.01. The number of non-ortho nitro benzene ring substituents is 1. The minimum Gasteiger partial charge on any atom is -0.507 e.